The van der Waals surface area contributed by atoms with Crippen LogP contribution in [0.3, 0.4) is 0 Å². The van der Waals surface area contributed by atoms with Crippen LogP contribution in [0.5, 0.6) is 0 Å². The first kappa shape index (κ1) is 17.3. The molecule has 8 heteroatoms. The maximum Gasteiger partial charge on any atom is 0.270 e. The minimum Gasteiger partial charge on any atom is -0.337 e. The molecule has 0 bridgehead atoms. The third-order valence-electron chi connectivity index (χ3n) is 4.91. The lowest BCUT2D eigenvalue weighted by atomic mass is 10.0. The Labute approximate surface area is 145 Å². The average molecular weight is 346 g/mol. The quantitative estimate of drug-likeness (QED) is 0.649. The Morgan fingerprint density at radius 1 is 1.36 bits per heavy atom. The Kier molecular flexibility index (Phi) is 4.98. The van der Waals surface area contributed by atoms with Crippen molar-refractivity contribution in [3.05, 3.63) is 39.4 Å². The van der Waals surface area contributed by atoms with Gasteiger partial charge < -0.3 is 15.1 Å². The van der Waals surface area contributed by atoms with Crippen molar-refractivity contribution in [3.8, 4) is 0 Å². The highest BCUT2D eigenvalue weighted by Crippen LogP contribution is 2.23. The number of nitrogens with zero attached hydrogens (tertiary/aromatic N) is 3. The molecule has 1 atom stereocenters. The Morgan fingerprint density at radius 3 is 2.88 bits per heavy atom. The van der Waals surface area contributed by atoms with Crippen molar-refractivity contribution >= 4 is 17.5 Å². The second-order valence-corrected chi connectivity index (χ2v) is 6.57. The van der Waals surface area contributed by atoms with Gasteiger partial charge >= 0.3 is 0 Å². The van der Waals surface area contributed by atoms with Crippen LogP contribution in [0.15, 0.2) is 18.2 Å². The fourth-order valence-electron chi connectivity index (χ4n) is 3.53. The van der Waals surface area contributed by atoms with E-state index < -0.39 is 4.92 Å². The fourth-order valence-corrected chi connectivity index (χ4v) is 3.53. The predicted octanol–water partition coefficient (Wildman–Crippen LogP) is 0.940. The van der Waals surface area contributed by atoms with E-state index in [-0.39, 0.29) is 23.5 Å². The van der Waals surface area contributed by atoms with Gasteiger partial charge in [0.1, 0.15) is 0 Å². The lowest BCUT2D eigenvalue weighted by Gasteiger charge is -2.41. The number of piperidine rings is 1. The highest BCUT2D eigenvalue weighted by molar-refractivity contribution is 5.96. The molecular formula is C17H22N4O4. The number of hydrogen-bond donors (Lipinski definition) is 1. The lowest BCUT2D eigenvalue weighted by molar-refractivity contribution is -0.384. The number of nitro groups is 1. The first-order chi connectivity index (χ1) is 12.0. The Balaban J connectivity index is 1.77. The van der Waals surface area contributed by atoms with E-state index >= 15 is 0 Å². The minimum atomic E-state index is -0.491. The summed E-state index contributed by atoms with van der Waals surface area (Å²) in [6, 6.07) is 4.38. The standard InChI is InChI=1S/C17H22N4O4/c1-12-4-5-13(21(24)25)9-15(12)17(23)19-7-2-3-14(11-19)20-8-6-18-10-16(20)22/h4-5,9,14,18H,2-3,6-8,10-11H2,1H3. The van der Waals surface area contributed by atoms with E-state index in [0.29, 0.717) is 31.7 Å². The summed E-state index contributed by atoms with van der Waals surface area (Å²) >= 11 is 0. The molecule has 2 aliphatic rings. The smallest absolute Gasteiger partial charge is 0.270 e. The van der Waals surface area contributed by atoms with E-state index in [2.05, 4.69) is 5.32 Å². The maximum atomic E-state index is 12.9. The number of carbonyl (C=O) groups is 2. The van der Waals surface area contributed by atoms with E-state index in [1.54, 1.807) is 17.9 Å². The van der Waals surface area contributed by atoms with Crippen LogP contribution in [-0.4, -0.2) is 65.3 Å². The SMILES string of the molecule is Cc1ccc([N+](=O)[O-])cc1C(=O)N1CCCC(N2CCNCC2=O)C1. The highest BCUT2D eigenvalue weighted by atomic mass is 16.6. The van der Waals surface area contributed by atoms with Gasteiger partial charge in [0.05, 0.1) is 11.5 Å². The van der Waals surface area contributed by atoms with Crippen LogP contribution in [0.2, 0.25) is 0 Å². The van der Waals surface area contributed by atoms with Crippen LogP contribution in [0.1, 0.15) is 28.8 Å². The molecule has 2 saturated heterocycles. The molecule has 134 valence electrons. The number of piperazine rings is 1. The minimum absolute atomic E-state index is 0.0197. The number of amides is 2. The number of rotatable bonds is 3. The van der Waals surface area contributed by atoms with Gasteiger partial charge in [-0.05, 0) is 25.3 Å². The maximum absolute atomic E-state index is 12.9. The van der Waals surface area contributed by atoms with Gasteiger partial charge in [0.25, 0.3) is 11.6 Å². The molecular weight excluding hydrogens is 324 g/mol. The zero-order chi connectivity index (χ0) is 18.0. The number of carbonyl (C=O) groups excluding carboxylic acids is 2. The Morgan fingerprint density at radius 2 is 2.16 bits per heavy atom. The second-order valence-electron chi connectivity index (χ2n) is 6.57. The molecule has 1 unspecified atom stereocenters. The van der Waals surface area contributed by atoms with Crippen molar-refractivity contribution in [2.75, 3.05) is 32.7 Å². The van der Waals surface area contributed by atoms with E-state index in [1.165, 1.54) is 12.1 Å². The monoisotopic (exact) mass is 346 g/mol. The number of aryl methyl sites for hydroxylation is 1. The molecule has 0 spiro atoms. The zero-order valence-corrected chi connectivity index (χ0v) is 14.2. The second kappa shape index (κ2) is 7.18. The molecule has 8 nitrogen and oxygen atoms in total. The van der Waals surface area contributed by atoms with Gasteiger partial charge in [-0.25, -0.2) is 0 Å². The summed E-state index contributed by atoms with van der Waals surface area (Å²) in [6.45, 7) is 4.62. The van der Waals surface area contributed by atoms with E-state index in [9.17, 15) is 19.7 Å². The Bertz CT molecular complexity index is 706. The topological polar surface area (TPSA) is 95.8 Å². The van der Waals surface area contributed by atoms with Crippen molar-refractivity contribution < 1.29 is 14.5 Å². The van der Waals surface area contributed by atoms with Crippen molar-refractivity contribution in [2.45, 2.75) is 25.8 Å². The zero-order valence-electron chi connectivity index (χ0n) is 14.2. The fraction of sp³-hybridized carbons (Fsp3) is 0.529. The summed E-state index contributed by atoms with van der Waals surface area (Å²) in [4.78, 5) is 39.1. The first-order valence-electron chi connectivity index (χ1n) is 8.52. The number of nitro benzene ring substituents is 1. The molecule has 2 amide bonds. The van der Waals surface area contributed by atoms with Crippen molar-refractivity contribution in [3.63, 3.8) is 0 Å². The molecule has 1 aromatic carbocycles. The van der Waals surface area contributed by atoms with Gasteiger partial charge in [0.2, 0.25) is 5.91 Å². The van der Waals surface area contributed by atoms with E-state index in [4.69, 9.17) is 0 Å². The molecule has 0 saturated carbocycles. The first-order valence-corrected chi connectivity index (χ1v) is 8.52. The molecule has 3 rings (SSSR count). The summed E-state index contributed by atoms with van der Waals surface area (Å²) in [5.74, 6) is -0.134. The molecule has 2 fully saturated rings. The van der Waals surface area contributed by atoms with E-state index in [0.717, 1.165) is 24.9 Å². The number of likely N-dealkylation sites (tertiary alicyclic amines) is 1. The third kappa shape index (κ3) is 3.63. The molecule has 0 aliphatic carbocycles. The molecule has 2 heterocycles. The summed E-state index contributed by atoms with van der Waals surface area (Å²) in [5.41, 5.74) is 0.997. The largest absolute Gasteiger partial charge is 0.337 e. The molecule has 25 heavy (non-hydrogen) atoms. The number of non-ortho nitro benzene ring substituents is 1. The number of nitrogens with one attached hydrogen (secondary N) is 1. The van der Waals surface area contributed by atoms with Crippen molar-refractivity contribution in [1.29, 1.82) is 0 Å². The van der Waals surface area contributed by atoms with Crippen LogP contribution in [-0.2, 0) is 4.79 Å². The molecule has 0 radical (unpaired) electrons. The summed E-state index contributed by atoms with van der Waals surface area (Å²) in [7, 11) is 0. The predicted molar refractivity (Wildman–Crippen MR) is 91.3 cm³/mol. The average Bonchev–Trinajstić information content (AvgIpc) is 2.62. The van der Waals surface area contributed by atoms with Gasteiger partial charge in [-0.2, -0.15) is 0 Å². The Hall–Kier alpha value is -2.48. The van der Waals surface area contributed by atoms with Gasteiger partial charge in [0.15, 0.2) is 0 Å². The molecule has 1 N–H and O–H groups in total. The van der Waals surface area contributed by atoms with Crippen molar-refractivity contribution in [1.82, 2.24) is 15.1 Å². The van der Waals surface area contributed by atoms with Crippen LogP contribution < -0.4 is 5.32 Å². The van der Waals surface area contributed by atoms with Crippen LogP contribution in [0.4, 0.5) is 5.69 Å². The third-order valence-corrected chi connectivity index (χ3v) is 4.91. The van der Waals surface area contributed by atoms with E-state index in [1.807, 2.05) is 4.90 Å². The summed E-state index contributed by atoms with van der Waals surface area (Å²) in [5, 5.41) is 14.0. The normalized spacial score (nSPS) is 21.3. The molecule has 1 aromatic rings. The highest BCUT2D eigenvalue weighted by Gasteiger charge is 2.32. The summed E-state index contributed by atoms with van der Waals surface area (Å²) in [6.07, 6.45) is 1.70. The van der Waals surface area contributed by atoms with Gasteiger partial charge in [-0.3, -0.25) is 19.7 Å². The van der Waals surface area contributed by atoms with Crippen LogP contribution in [0.25, 0.3) is 0 Å². The van der Waals surface area contributed by atoms with Crippen molar-refractivity contribution in [2.24, 2.45) is 0 Å². The van der Waals surface area contributed by atoms with Gasteiger partial charge in [-0.1, -0.05) is 6.07 Å². The molecule has 2 aliphatic heterocycles. The summed E-state index contributed by atoms with van der Waals surface area (Å²) < 4.78 is 0. The van der Waals surface area contributed by atoms with Crippen LogP contribution >= 0.6 is 0 Å². The van der Waals surface area contributed by atoms with Gasteiger partial charge in [-0.15, -0.1) is 0 Å². The number of benzene rings is 1. The van der Waals surface area contributed by atoms with Gasteiger partial charge in [0, 0.05) is 49.9 Å². The molecule has 0 aromatic heterocycles. The van der Waals surface area contributed by atoms with Crippen LogP contribution in [0, 0.1) is 17.0 Å². The lowest BCUT2D eigenvalue weighted by Crippen LogP contribution is -2.57. The number of hydrogen-bond acceptors (Lipinski definition) is 5.